The smallest absolute Gasteiger partial charge is 0.125 e. The second kappa shape index (κ2) is 5.30. The van der Waals surface area contributed by atoms with Gasteiger partial charge in [-0.1, -0.05) is 55.2 Å². The van der Waals surface area contributed by atoms with Crippen LogP contribution >= 0.6 is 0 Å². The fourth-order valence-electron chi connectivity index (χ4n) is 2.91. The molecule has 0 unspecified atom stereocenters. The maximum Gasteiger partial charge on any atom is 0.125 e. The van der Waals surface area contributed by atoms with Crippen molar-refractivity contribution in [1.29, 1.82) is 0 Å². The third kappa shape index (κ3) is 3.03. The van der Waals surface area contributed by atoms with Crippen LogP contribution in [0, 0.1) is 5.82 Å². The van der Waals surface area contributed by atoms with Crippen molar-refractivity contribution in [2.75, 3.05) is 11.4 Å². The first kappa shape index (κ1) is 14.3. The second-order valence-electron chi connectivity index (χ2n) is 6.89. The van der Waals surface area contributed by atoms with E-state index in [1.54, 1.807) is 12.1 Å². The Morgan fingerprint density at radius 2 is 1.76 bits per heavy atom. The molecule has 3 heteroatoms. The summed E-state index contributed by atoms with van der Waals surface area (Å²) in [5.74, 6) is -0.144. The van der Waals surface area contributed by atoms with E-state index in [9.17, 15) is 4.39 Å². The predicted octanol–water partition coefficient (Wildman–Crippen LogP) is 3.93. The van der Waals surface area contributed by atoms with Crippen LogP contribution in [-0.2, 0) is 13.0 Å². The van der Waals surface area contributed by atoms with Gasteiger partial charge in [-0.25, -0.2) is 4.39 Å². The van der Waals surface area contributed by atoms with Crippen LogP contribution in [0.25, 0.3) is 0 Å². The standard InChI is InChI=1S/C18H22FNSi/c1-21(2,3)17-8-4-14(5-9-17)13-20-11-10-15-6-7-16(19)12-18(15)20/h4-9,12H,10-11,13H2,1-3H3. The van der Waals surface area contributed by atoms with Crippen LogP contribution in [0.1, 0.15) is 11.1 Å². The highest BCUT2D eigenvalue weighted by Crippen LogP contribution is 2.29. The molecule has 0 fully saturated rings. The number of benzene rings is 2. The highest BCUT2D eigenvalue weighted by Gasteiger charge is 2.20. The van der Waals surface area contributed by atoms with Gasteiger partial charge in [-0.15, -0.1) is 0 Å². The minimum atomic E-state index is -1.23. The van der Waals surface area contributed by atoms with Crippen LogP contribution in [0.2, 0.25) is 19.6 Å². The summed E-state index contributed by atoms with van der Waals surface area (Å²) in [5.41, 5.74) is 3.62. The summed E-state index contributed by atoms with van der Waals surface area (Å²) >= 11 is 0. The van der Waals surface area contributed by atoms with Crippen molar-refractivity contribution in [3.05, 3.63) is 59.4 Å². The summed E-state index contributed by atoms with van der Waals surface area (Å²) in [6.45, 7) is 8.93. The van der Waals surface area contributed by atoms with Gasteiger partial charge in [0, 0.05) is 18.8 Å². The summed E-state index contributed by atoms with van der Waals surface area (Å²) in [7, 11) is -1.23. The van der Waals surface area contributed by atoms with E-state index in [1.807, 2.05) is 6.07 Å². The quantitative estimate of drug-likeness (QED) is 0.776. The van der Waals surface area contributed by atoms with E-state index in [4.69, 9.17) is 0 Å². The van der Waals surface area contributed by atoms with Gasteiger partial charge in [0.1, 0.15) is 5.82 Å². The molecule has 1 nitrogen and oxygen atoms in total. The highest BCUT2D eigenvalue weighted by molar-refractivity contribution is 6.88. The van der Waals surface area contributed by atoms with Crippen LogP contribution < -0.4 is 10.1 Å². The Kier molecular flexibility index (Phi) is 3.62. The van der Waals surface area contributed by atoms with E-state index < -0.39 is 8.07 Å². The van der Waals surface area contributed by atoms with Crippen LogP contribution in [0.3, 0.4) is 0 Å². The lowest BCUT2D eigenvalue weighted by molar-refractivity contribution is 0.627. The third-order valence-electron chi connectivity index (χ3n) is 4.23. The average Bonchev–Trinajstić information content (AvgIpc) is 2.81. The molecule has 0 saturated heterocycles. The van der Waals surface area contributed by atoms with Crippen LogP contribution in [0.5, 0.6) is 0 Å². The van der Waals surface area contributed by atoms with E-state index in [-0.39, 0.29) is 5.82 Å². The molecule has 0 radical (unpaired) electrons. The molecule has 21 heavy (non-hydrogen) atoms. The van der Waals surface area contributed by atoms with Gasteiger partial charge in [0.25, 0.3) is 0 Å². The lowest BCUT2D eigenvalue weighted by atomic mass is 10.1. The van der Waals surface area contributed by atoms with Crippen molar-refractivity contribution in [1.82, 2.24) is 0 Å². The van der Waals surface area contributed by atoms with E-state index in [0.717, 1.165) is 25.2 Å². The van der Waals surface area contributed by atoms with Crippen molar-refractivity contribution in [3.8, 4) is 0 Å². The molecule has 0 saturated carbocycles. The molecule has 2 aromatic rings. The SMILES string of the molecule is C[Si](C)(C)c1ccc(CN2CCc3ccc(F)cc32)cc1. The average molecular weight is 299 g/mol. The van der Waals surface area contributed by atoms with Crippen LogP contribution in [0.15, 0.2) is 42.5 Å². The Balaban J connectivity index is 1.78. The number of halogens is 1. The van der Waals surface area contributed by atoms with Gasteiger partial charge in [0.05, 0.1) is 8.07 Å². The first-order chi connectivity index (χ1) is 9.93. The lowest BCUT2D eigenvalue weighted by Gasteiger charge is -2.21. The lowest BCUT2D eigenvalue weighted by Crippen LogP contribution is -2.37. The minimum absolute atomic E-state index is 0.144. The largest absolute Gasteiger partial charge is 0.367 e. The second-order valence-corrected chi connectivity index (χ2v) is 12.0. The molecule has 1 aliphatic heterocycles. The molecule has 0 atom stereocenters. The normalized spacial score (nSPS) is 14.4. The number of rotatable bonds is 3. The molecule has 3 rings (SSSR count). The number of nitrogens with zero attached hydrogens (tertiary/aromatic N) is 1. The molecule has 1 heterocycles. The molecule has 110 valence electrons. The van der Waals surface area contributed by atoms with Crippen molar-refractivity contribution in [2.45, 2.75) is 32.6 Å². The first-order valence-electron chi connectivity index (χ1n) is 7.56. The van der Waals surface area contributed by atoms with Gasteiger partial charge in [0.15, 0.2) is 0 Å². The molecule has 0 amide bonds. The summed E-state index contributed by atoms with van der Waals surface area (Å²) in [4.78, 5) is 2.28. The minimum Gasteiger partial charge on any atom is -0.367 e. The number of anilines is 1. The number of fused-ring (bicyclic) bond motifs is 1. The molecule has 0 N–H and O–H groups in total. The van der Waals surface area contributed by atoms with Crippen molar-refractivity contribution in [3.63, 3.8) is 0 Å². The first-order valence-corrected chi connectivity index (χ1v) is 11.1. The monoisotopic (exact) mass is 299 g/mol. The highest BCUT2D eigenvalue weighted by atomic mass is 28.3. The third-order valence-corrected chi connectivity index (χ3v) is 6.30. The Bertz CT molecular complexity index is 643. The van der Waals surface area contributed by atoms with Gasteiger partial charge >= 0.3 is 0 Å². The maximum absolute atomic E-state index is 13.4. The van der Waals surface area contributed by atoms with Gasteiger partial charge in [0.2, 0.25) is 0 Å². The van der Waals surface area contributed by atoms with E-state index in [2.05, 4.69) is 48.8 Å². The number of hydrogen-bond donors (Lipinski definition) is 0. The molecule has 0 aromatic heterocycles. The predicted molar refractivity (Wildman–Crippen MR) is 90.6 cm³/mol. The van der Waals surface area contributed by atoms with E-state index >= 15 is 0 Å². The van der Waals surface area contributed by atoms with Gasteiger partial charge in [-0.3, -0.25) is 0 Å². The molecule has 2 aromatic carbocycles. The molecule has 0 bridgehead atoms. The fourth-order valence-corrected chi connectivity index (χ4v) is 4.08. The van der Waals surface area contributed by atoms with Crippen LogP contribution in [-0.4, -0.2) is 14.6 Å². The zero-order valence-corrected chi connectivity index (χ0v) is 14.0. The topological polar surface area (TPSA) is 3.24 Å². The molecular weight excluding hydrogens is 277 g/mol. The Morgan fingerprint density at radius 3 is 2.43 bits per heavy atom. The zero-order chi connectivity index (χ0) is 15.0. The number of hydrogen-bond acceptors (Lipinski definition) is 1. The van der Waals surface area contributed by atoms with E-state index in [1.165, 1.54) is 16.3 Å². The summed E-state index contributed by atoms with van der Waals surface area (Å²) in [5, 5.41) is 1.49. The fraction of sp³-hybridized carbons (Fsp3) is 0.333. The van der Waals surface area contributed by atoms with Gasteiger partial charge < -0.3 is 4.90 Å². The summed E-state index contributed by atoms with van der Waals surface area (Å²) in [6.07, 6.45) is 1.02. The zero-order valence-electron chi connectivity index (χ0n) is 13.0. The van der Waals surface area contributed by atoms with E-state index in [0.29, 0.717) is 0 Å². The van der Waals surface area contributed by atoms with Gasteiger partial charge in [-0.2, -0.15) is 0 Å². The molecule has 0 aliphatic carbocycles. The molecule has 1 aliphatic rings. The Morgan fingerprint density at radius 1 is 1.05 bits per heavy atom. The van der Waals surface area contributed by atoms with Crippen molar-refractivity contribution >= 4 is 18.9 Å². The van der Waals surface area contributed by atoms with Crippen LogP contribution in [0.4, 0.5) is 10.1 Å². The molecule has 0 spiro atoms. The van der Waals surface area contributed by atoms with Gasteiger partial charge in [-0.05, 0) is 29.7 Å². The maximum atomic E-state index is 13.4. The molecular formula is C18H22FNSi. The van der Waals surface area contributed by atoms with Crippen molar-refractivity contribution in [2.24, 2.45) is 0 Å². The summed E-state index contributed by atoms with van der Waals surface area (Å²) in [6, 6.07) is 14.1. The summed E-state index contributed by atoms with van der Waals surface area (Å²) < 4.78 is 13.4. The Labute approximate surface area is 127 Å². The Hall–Kier alpha value is -1.61. The van der Waals surface area contributed by atoms with Crippen molar-refractivity contribution < 1.29 is 4.39 Å².